The fraction of sp³-hybridized carbons (Fsp3) is 0.261. The van der Waals surface area contributed by atoms with Crippen LogP contribution < -0.4 is 5.32 Å². The maximum absolute atomic E-state index is 12.6. The lowest BCUT2D eigenvalue weighted by Crippen LogP contribution is -2.38. The molecular formula is C23H26N4O. The lowest BCUT2D eigenvalue weighted by atomic mass is 10.0. The van der Waals surface area contributed by atoms with Gasteiger partial charge < -0.3 is 5.32 Å². The number of hydrogen-bond acceptors (Lipinski definition) is 4. The molecule has 0 fully saturated rings. The van der Waals surface area contributed by atoms with Gasteiger partial charge >= 0.3 is 0 Å². The second kappa shape index (κ2) is 9.76. The molecule has 0 aliphatic carbocycles. The summed E-state index contributed by atoms with van der Waals surface area (Å²) in [7, 11) is 0. The molecule has 5 heteroatoms. The van der Waals surface area contributed by atoms with Crippen LogP contribution in [0.15, 0.2) is 73.1 Å². The molecule has 0 saturated heterocycles. The lowest BCUT2D eigenvalue weighted by Gasteiger charge is -2.30. The minimum atomic E-state index is -0.160. The van der Waals surface area contributed by atoms with E-state index in [4.69, 9.17) is 0 Å². The largest absolute Gasteiger partial charge is 0.350 e. The number of benzene rings is 2. The van der Waals surface area contributed by atoms with Crippen molar-refractivity contribution in [3.8, 4) is 11.4 Å². The highest BCUT2D eigenvalue weighted by Crippen LogP contribution is 2.20. The molecule has 1 atom stereocenters. The van der Waals surface area contributed by atoms with Gasteiger partial charge in [-0.1, -0.05) is 74.5 Å². The standard InChI is InChI=1S/C23H26N4O/c1-3-27(4-2)21(18-11-7-5-8-12-18)17-26-23(28)20-15-24-22(25-16-20)19-13-9-6-10-14-19/h5-16,21H,3-4,17H2,1-2H3,(H,26,28). The summed E-state index contributed by atoms with van der Waals surface area (Å²) in [5.74, 6) is 0.454. The third kappa shape index (κ3) is 4.81. The Labute approximate surface area is 166 Å². The molecule has 0 aliphatic heterocycles. The summed E-state index contributed by atoms with van der Waals surface area (Å²) < 4.78 is 0. The summed E-state index contributed by atoms with van der Waals surface area (Å²) in [6, 6.07) is 20.1. The van der Waals surface area contributed by atoms with Gasteiger partial charge in [-0.3, -0.25) is 9.69 Å². The van der Waals surface area contributed by atoms with Gasteiger partial charge in [0.2, 0.25) is 0 Å². The topological polar surface area (TPSA) is 58.1 Å². The number of likely N-dealkylation sites (N-methyl/N-ethyl adjacent to an activating group) is 1. The minimum absolute atomic E-state index is 0.129. The molecule has 2 aromatic carbocycles. The van der Waals surface area contributed by atoms with Gasteiger partial charge in [-0.05, 0) is 18.7 Å². The zero-order chi connectivity index (χ0) is 19.8. The van der Waals surface area contributed by atoms with Crippen LogP contribution in [0.25, 0.3) is 11.4 Å². The maximum Gasteiger partial charge on any atom is 0.254 e. The number of hydrogen-bond donors (Lipinski definition) is 1. The van der Waals surface area contributed by atoms with E-state index < -0.39 is 0 Å². The molecule has 28 heavy (non-hydrogen) atoms. The van der Waals surface area contributed by atoms with Crippen LogP contribution in [0, 0.1) is 0 Å². The number of nitrogens with zero attached hydrogens (tertiary/aromatic N) is 3. The third-order valence-electron chi connectivity index (χ3n) is 4.84. The predicted molar refractivity (Wildman–Crippen MR) is 112 cm³/mol. The number of rotatable bonds is 8. The molecule has 1 N–H and O–H groups in total. The molecule has 0 aliphatic rings. The summed E-state index contributed by atoms with van der Waals surface area (Å²) in [6.45, 7) is 6.64. The second-order valence-corrected chi connectivity index (χ2v) is 6.52. The van der Waals surface area contributed by atoms with Gasteiger partial charge in [0.25, 0.3) is 5.91 Å². The van der Waals surface area contributed by atoms with Gasteiger partial charge in [-0.15, -0.1) is 0 Å². The normalized spacial score (nSPS) is 12.0. The van der Waals surface area contributed by atoms with Gasteiger partial charge in [0.1, 0.15) is 0 Å². The van der Waals surface area contributed by atoms with E-state index in [9.17, 15) is 4.79 Å². The first-order valence-corrected chi connectivity index (χ1v) is 9.67. The predicted octanol–water partition coefficient (Wildman–Crippen LogP) is 3.96. The first kappa shape index (κ1) is 19.7. The van der Waals surface area contributed by atoms with Crippen LogP contribution in [-0.4, -0.2) is 40.4 Å². The summed E-state index contributed by atoms with van der Waals surface area (Å²) in [4.78, 5) is 23.6. The van der Waals surface area contributed by atoms with E-state index in [1.807, 2.05) is 48.5 Å². The van der Waals surface area contributed by atoms with Gasteiger partial charge in [-0.25, -0.2) is 9.97 Å². The van der Waals surface area contributed by atoms with Crippen molar-refractivity contribution < 1.29 is 4.79 Å². The fourth-order valence-electron chi connectivity index (χ4n) is 3.27. The number of carbonyl (C=O) groups is 1. The smallest absolute Gasteiger partial charge is 0.254 e. The molecule has 0 bridgehead atoms. The van der Waals surface area contributed by atoms with E-state index >= 15 is 0 Å². The Bertz CT molecular complexity index is 862. The van der Waals surface area contributed by atoms with Gasteiger partial charge in [0.15, 0.2) is 5.82 Å². The van der Waals surface area contributed by atoms with Crippen molar-refractivity contribution in [2.45, 2.75) is 19.9 Å². The van der Waals surface area contributed by atoms with Gasteiger partial charge in [0.05, 0.1) is 11.6 Å². The molecule has 0 radical (unpaired) electrons. The van der Waals surface area contributed by atoms with Crippen molar-refractivity contribution in [2.75, 3.05) is 19.6 Å². The molecule has 1 amide bonds. The zero-order valence-corrected chi connectivity index (χ0v) is 16.4. The second-order valence-electron chi connectivity index (χ2n) is 6.52. The van der Waals surface area contributed by atoms with Crippen LogP contribution in [-0.2, 0) is 0 Å². The molecule has 0 spiro atoms. The third-order valence-corrected chi connectivity index (χ3v) is 4.84. The molecule has 1 heterocycles. The van der Waals surface area contributed by atoms with E-state index in [0.29, 0.717) is 17.9 Å². The monoisotopic (exact) mass is 374 g/mol. The van der Waals surface area contributed by atoms with E-state index in [0.717, 1.165) is 18.7 Å². The van der Waals surface area contributed by atoms with Crippen molar-refractivity contribution >= 4 is 5.91 Å². The Morgan fingerprint density at radius 2 is 1.50 bits per heavy atom. The summed E-state index contributed by atoms with van der Waals surface area (Å²) in [5.41, 5.74) is 2.59. The number of aromatic nitrogens is 2. The maximum atomic E-state index is 12.6. The Morgan fingerprint density at radius 3 is 2.07 bits per heavy atom. The van der Waals surface area contributed by atoms with Crippen LogP contribution in [0.1, 0.15) is 35.8 Å². The van der Waals surface area contributed by atoms with E-state index in [1.54, 1.807) is 12.4 Å². The van der Waals surface area contributed by atoms with Crippen molar-refractivity contribution in [1.82, 2.24) is 20.2 Å². The van der Waals surface area contributed by atoms with Crippen LogP contribution in [0.3, 0.4) is 0 Å². The first-order chi connectivity index (χ1) is 13.7. The van der Waals surface area contributed by atoms with Crippen LogP contribution in [0.2, 0.25) is 0 Å². The Balaban J connectivity index is 1.69. The van der Waals surface area contributed by atoms with E-state index in [2.05, 4.69) is 46.2 Å². The van der Waals surface area contributed by atoms with Crippen molar-refractivity contribution in [1.29, 1.82) is 0 Å². The Morgan fingerprint density at radius 1 is 0.929 bits per heavy atom. The summed E-state index contributed by atoms with van der Waals surface area (Å²) >= 11 is 0. The molecule has 0 saturated carbocycles. The highest BCUT2D eigenvalue weighted by atomic mass is 16.1. The molecule has 1 unspecified atom stereocenters. The van der Waals surface area contributed by atoms with Crippen molar-refractivity contribution in [3.05, 3.63) is 84.2 Å². The van der Waals surface area contributed by atoms with E-state index in [-0.39, 0.29) is 11.9 Å². The van der Waals surface area contributed by atoms with E-state index in [1.165, 1.54) is 5.56 Å². The summed E-state index contributed by atoms with van der Waals surface area (Å²) in [5, 5.41) is 3.05. The summed E-state index contributed by atoms with van der Waals surface area (Å²) in [6.07, 6.45) is 3.17. The number of amides is 1. The van der Waals surface area contributed by atoms with Crippen LogP contribution in [0.4, 0.5) is 0 Å². The number of nitrogens with one attached hydrogen (secondary N) is 1. The minimum Gasteiger partial charge on any atom is -0.350 e. The molecule has 3 rings (SSSR count). The quantitative estimate of drug-likeness (QED) is 0.648. The molecule has 3 aromatic rings. The highest BCUT2D eigenvalue weighted by molar-refractivity contribution is 5.93. The van der Waals surface area contributed by atoms with Gasteiger partial charge in [-0.2, -0.15) is 0 Å². The zero-order valence-electron chi connectivity index (χ0n) is 16.4. The molecule has 1 aromatic heterocycles. The fourth-order valence-corrected chi connectivity index (χ4v) is 3.27. The number of carbonyl (C=O) groups excluding carboxylic acids is 1. The molecule has 144 valence electrons. The molecule has 5 nitrogen and oxygen atoms in total. The van der Waals surface area contributed by atoms with Crippen molar-refractivity contribution in [3.63, 3.8) is 0 Å². The SMILES string of the molecule is CCN(CC)C(CNC(=O)c1cnc(-c2ccccc2)nc1)c1ccccc1. The molecular weight excluding hydrogens is 348 g/mol. The van der Waals surface area contributed by atoms with Crippen LogP contribution in [0.5, 0.6) is 0 Å². The van der Waals surface area contributed by atoms with Crippen molar-refractivity contribution in [2.24, 2.45) is 0 Å². The lowest BCUT2D eigenvalue weighted by molar-refractivity contribution is 0.0934. The van der Waals surface area contributed by atoms with Crippen LogP contribution >= 0.6 is 0 Å². The Hall–Kier alpha value is -3.05. The highest BCUT2D eigenvalue weighted by Gasteiger charge is 2.19. The average molecular weight is 374 g/mol. The van der Waals surface area contributed by atoms with Gasteiger partial charge in [0, 0.05) is 24.5 Å². The average Bonchev–Trinajstić information content (AvgIpc) is 2.77. The Kier molecular flexibility index (Phi) is 6.87. The first-order valence-electron chi connectivity index (χ1n) is 9.67.